The van der Waals surface area contributed by atoms with Gasteiger partial charge >= 0.3 is 0 Å². The van der Waals surface area contributed by atoms with Crippen molar-refractivity contribution in [3.63, 3.8) is 0 Å². The lowest BCUT2D eigenvalue weighted by atomic mass is 10.2. The average molecular weight is 431 g/mol. The first-order chi connectivity index (χ1) is 12.4. The van der Waals surface area contributed by atoms with Crippen molar-refractivity contribution in [1.29, 1.82) is 0 Å². The first kappa shape index (κ1) is 24.2. The van der Waals surface area contributed by atoms with E-state index in [0.29, 0.717) is 0 Å². The molecule has 0 aromatic rings. The summed E-state index contributed by atoms with van der Waals surface area (Å²) < 4.78 is 65.8. The van der Waals surface area contributed by atoms with Gasteiger partial charge in [-0.15, -0.1) is 0 Å². The molecule has 3 aliphatic heterocycles. The van der Waals surface area contributed by atoms with Crippen molar-refractivity contribution >= 4 is 33.8 Å². The minimum Gasteiger partial charge on any atom is -0.760 e. The van der Waals surface area contributed by atoms with Crippen LogP contribution in [0.25, 0.3) is 0 Å². The molecule has 26 heavy (non-hydrogen) atoms. The van der Waals surface area contributed by atoms with Crippen molar-refractivity contribution in [2.24, 2.45) is 0 Å². The summed E-state index contributed by atoms with van der Waals surface area (Å²) in [7, 11) is 0. The van der Waals surface area contributed by atoms with Gasteiger partial charge in [-0.05, 0) is 38.5 Å². The molecule has 0 spiro atoms. The Morgan fingerprint density at radius 1 is 0.423 bits per heavy atom. The highest BCUT2D eigenvalue weighted by molar-refractivity contribution is 7.77. The minimum atomic E-state index is -1.97. The molecule has 0 aliphatic carbocycles. The van der Waals surface area contributed by atoms with E-state index < -0.39 is 33.8 Å². The molecule has 0 aromatic heterocycles. The summed E-state index contributed by atoms with van der Waals surface area (Å²) >= 11 is -5.89. The maximum atomic E-state index is 10.3. The molecule has 3 saturated heterocycles. The number of hydrogen-bond donors (Lipinski definition) is 0. The van der Waals surface area contributed by atoms with Crippen LogP contribution in [0.2, 0.25) is 0 Å². The van der Waals surface area contributed by atoms with Gasteiger partial charge in [0.05, 0.1) is 0 Å². The van der Waals surface area contributed by atoms with Gasteiger partial charge in [0.2, 0.25) is 0 Å². The van der Waals surface area contributed by atoms with E-state index in [0.717, 1.165) is 77.8 Å². The van der Waals surface area contributed by atoms with Crippen LogP contribution in [-0.2, 0) is 33.8 Å². The summed E-state index contributed by atoms with van der Waals surface area (Å²) in [6, 6.07) is 0. The minimum absolute atomic E-state index is 0.718. The second-order valence-corrected chi connectivity index (χ2v) is 9.12. The monoisotopic (exact) mass is 430 g/mol. The summed E-state index contributed by atoms with van der Waals surface area (Å²) in [6.45, 7) is 4.31. The van der Waals surface area contributed by atoms with Crippen molar-refractivity contribution in [2.75, 3.05) is 39.3 Å². The van der Waals surface area contributed by atoms with Crippen LogP contribution in [-0.4, -0.2) is 78.5 Å². The summed E-state index contributed by atoms with van der Waals surface area (Å²) in [5.74, 6) is 0. The van der Waals surface area contributed by atoms with Crippen LogP contribution in [0.3, 0.4) is 0 Å². The van der Waals surface area contributed by atoms with Crippen molar-refractivity contribution in [3.8, 4) is 0 Å². The van der Waals surface area contributed by atoms with E-state index in [-0.39, 0.29) is 0 Å². The Kier molecular flexibility index (Phi) is 13.3. The molecule has 0 amide bonds. The fraction of sp³-hybridized carbons (Fsp3) is 1.00. The largest absolute Gasteiger partial charge is 0.760 e. The van der Waals surface area contributed by atoms with E-state index in [2.05, 4.69) is 0 Å². The molecule has 3 unspecified atom stereocenters. The fourth-order valence-corrected chi connectivity index (χ4v) is 4.53. The molecule has 0 saturated carbocycles. The van der Waals surface area contributed by atoms with Crippen molar-refractivity contribution in [2.45, 2.75) is 51.4 Å². The van der Waals surface area contributed by atoms with E-state index in [4.69, 9.17) is 0 Å². The van der Waals surface area contributed by atoms with Crippen LogP contribution < -0.4 is 0 Å². The predicted octanol–water partition coefficient (Wildman–Crippen LogP) is 0.409. The van der Waals surface area contributed by atoms with Crippen LogP contribution in [0.5, 0.6) is 0 Å². The normalized spacial score (nSPS) is 26.0. The molecule has 3 rings (SSSR count). The van der Waals surface area contributed by atoms with E-state index in [1.54, 1.807) is 0 Å². The third kappa shape index (κ3) is 10.5. The highest BCUT2D eigenvalue weighted by Crippen LogP contribution is 2.09. The molecule has 3 atom stereocenters. The van der Waals surface area contributed by atoms with Crippen LogP contribution in [0, 0.1) is 0 Å². The molecule has 3 aliphatic rings. The van der Waals surface area contributed by atoms with Crippen molar-refractivity contribution in [3.05, 3.63) is 0 Å². The molecule has 0 N–H and O–H groups in total. The molecule has 12 heteroatoms. The zero-order valence-electron chi connectivity index (χ0n) is 14.9. The van der Waals surface area contributed by atoms with Crippen LogP contribution in [0.4, 0.5) is 0 Å². The van der Waals surface area contributed by atoms with Gasteiger partial charge in [0.15, 0.2) is 0 Å². The SMILES string of the molecule is O=S([O-])N1CCCC1.O=S([O-])N1CCCCC1.O=S([O-])N1CCCCC1. The highest BCUT2D eigenvalue weighted by atomic mass is 32.2. The number of hydrogen-bond acceptors (Lipinski definition) is 6. The standard InChI is InChI=1S/2C5H11NO2S.C4H9NO2S/c2*7-9(8)6-4-2-1-3-5-6;6-8(7)5-3-1-2-4-5/h2*1-5H2,(H,7,8);1-4H2,(H,6,7)/p-3. The summed E-state index contributed by atoms with van der Waals surface area (Å²) in [4.78, 5) is 0. The van der Waals surface area contributed by atoms with E-state index in [1.807, 2.05) is 0 Å². The number of nitrogens with zero attached hydrogens (tertiary/aromatic N) is 3. The Bertz CT molecular complexity index is 425. The average Bonchev–Trinajstić information content (AvgIpc) is 3.19. The molecule has 3 heterocycles. The molecule has 0 bridgehead atoms. The number of piperidine rings is 2. The lowest BCUT2D eigenvalue weighted by Crippen LogP contribution is -2.31. The van der Waals surface area contributed by atoms with Crippen LogP contribution >= 0.6 is 0 Å². The second kappa shape index (κ2) is 14.2. The van der Waals surface area contributed by atoms with E-state index >= 15 is 0 Å². The molecular formula is C14H28N3O6S3-3. The smallest absolute Gasteiger partial charge is 0.0209 e. The third-order valence-electron chi connectivity index (χ3n) is 4.33. The second-order valence-electron chi connectivity index (χ2n) is 6.27. The first-order valence-electron chi connectivity index (χ1n) is 8.95. The zero-order valence-corrected chi connectivity index (χ0v) is 17.4. The van der Waals surface area contributed by atoms with Crippen LogP contribution in [0.15, 0.2) is 0 Å². The molecule has 0 radical (unpaired) electrons. The maximum absolute atomic E-state index is 10.3. The molecule has 0 aromatic carbocycles. The van der Waals surface area contributed by atoms with Crippen molar-refractivity contribution < 1.29 is 26.3 Å². The topological polar surface area (TPSA) is 130 Å². The summed E-state index contributed by atoms with van der Waals surface area (Å²) in [5.41, 5.74) is 0. The highest BCUT2D eigenvalue weighted by Gasteiger charge is 2.10. The summed E-state index contributed by atoms with van der Waals surface area (Å²) in [5, 5.41) is 0. The lowest BCUT2D eigenvalue weighted by molar-refractivity contribution is 0.333. The Hall–Kier alpha value is 0.210. The number of rotatable bonds is 3. The molecule has 156 valence electrons. The third-order valence-corrected chi connectivity index (χ3v) is 6.69. The van der Waals surface area contributed by atoms with Gasteiger partial charge in [-0.1, -0.05) is 12.8 Å². The fourth-order valence-electron chi connectivity index (χ4n) is 2.87. The zero-order chi connectivity index (χ0) is 19.4. The first-order valence-corrected chi connectivity index (χ1v) is 12.0. The Labute approximate surface area is 163 Å². The van der Waals surface area contributed by atoms with Gasteiger partial charge in [-0.25, -0.2) is 12.9 Å². The van der Waals surface area contributed by atoms with Gasteiger partial charge in [0.1, 0.15) is 0 Å². The molecule has 9 nitrogen and oxygen atoms in total. The Balaban J connectivity index is 0.000000195. The Morgan fingerprint density at radius 2 is 0.615 bits per heavy atom. The Morgan fingerprint density at radius 3 is 0.769 bits per heavy atom. The van der Waals surface area contributed by atoms with Gasteiger partial charge in [-0.2, -0.15) is 0 Å². The van der Waals surface area contributed by atoms with Crippen molar-refractivity contribution in [1.82, 2.24) is 12.9 Å². The molecular weight excluding hydrogens is 402 g/mol. The quantitative estimate of drug-likeness (QED) is 0.596. The maximum Gasteiger partial charge on any atom is 0.0209 e. The predicted molar refractivity (Wildman–Crippen MR) is 98.4 cm³/mol. The van der Waals surface area contributed by atoms with E-state index in [9.17, 15) is 26.3 Å². The summed E-state index contributed by atoms with van der Waals surface area (Å²) in [6.07, 6.45) is 8.48. The molecule has 3 fully saturated rings. The van der Waals surface area contributed by atoms with Gasteiger partial charge in [-0.3, -0.25) is 12.6 Å². The van der Waals surface area contributed by atoms with Gasteiger partial charge < -0.3 is 13.7 Å². The van der Waals surface area contributed by atoms with Gasteiger partial charge in [0, 0.05) is 73.1 Å². The van der Waals surface area contributed by atoms with Gasteiger partial charge in [0.25, 0.3) is 0 Å². The lowest BCUT2D eigenvalue weighted by Gasteiger charge is -2.27. The van der Waals surface area contributed by atoms with Crippen LogP contribution in [0.1, 0.15) is 51.4 Å². The van der Waals surface area contributed by atoms with E-state index in [1.165, 1.54) is 25.8 Å².